The number of rotatable bonds is 7. The van der Waals surface area contributed by atoms with Crippen molar-refractivity contribution in [2.24, 2.45) is 16.7 Å². The molecule has 2 aliphatic carbocycles. The van der Waals surface area contributed by atoms with E-state index in [0.717, 1.165) is 13.0 Å². The van der Waals surface area contributed by atoms with Crippen molar-refractivity contribution in [1.82, 2.24) is 15.3 Å². The zero-order valence-electron chi connectivity index (χ0n) is 23.7. The van der Waals surface area contributed by atoms with E-state index in [4.69, 9.17) is 9.47 Å². The lowest BCUT2D eigenvalue weighted by Gasteiger charge is -2.70. The van der Waals surface area contributed by atoms with Gasteiger partial charge >= 0.3 is 6.09 Å². The second kappa shape index (κ2) is 9.88. The number of nitrogens with one attached hydrogen (secondary N) is 1. The average Bonchev–Trinajstić information content (AvgIpc) is 2.73. The largest absolute Gasteiger partial charge is 0.443 e. The first-order chi connectivity index (χ1) is 16.9. The zero-order valence-corrected chi connectivity index (χ0v) is 23.7. The number of aliphatic hydroxyl groups is 3. The maximum absolute atomic E-state index is 13.8. The summed E-state index contributed by atoms with van der Waals surface area (Å²) >= 11 is 0. The van der Waals surface area contributed by atoms with Crippen LogP contribution in [-0.4, -0.2) is 106 Å². The standard InChI is InChI=1S/C27H47N3O7/c1-10-24(4)16-19(32)27(35)25(5,37-24)14-17(31)20-23(2,3)15-18(21(33)26(20,27)6)36-22(34)28-30(9)13-11-12-29(7)8/h10,17-18,20-21,31,33,35H,1,11-16H2,2-9H3,(H,28,34)/t17-,18?,20+,21+,24+,25-,26-,27-/m1/s1. The van der Waals surface area contributed by atoms with Crippen LogP contribution in [0.2, 0.25) is 0 Å². The molecule has 4 N–H and O–H groups in total. The van der Waals surface area contributed by atoms with E-state index in [1.807, 2.05) is 27.9 Å². The normalized spacial score (nSPS) is 43.2. The summed E-state index contributed by atoms with van der Waals surface area (Å²) in [5.74, 6) is -1.14. The van der Waals surface area contributed by atoms with Crippen molar-refractivity contribution in [3.05, 3.63) is 12.7 Å². The minimum Gasteiger partial charge on any atom is -0.443 e. The van der Waals surface area contributed by atoms with Gasteiger partial charge in [0.2, 0.25) is 0 Å². The molecule has 10 nitrogen and oxygen atoms in total. The van der Waals surface area contributed by atoms with Crippen LogP contribution in [-0.2, 0) is 14.3 Å². The molecule has 3 fully saturated rings. The van der Waals surface area contributed by atoms with E-state index in [-0.39, 0.29) is 19.3 Å². The molecule has 0 aromatic heterocycles. The number of nitrogens with zero attached hydrogens (tertiary/aromatic N) is 2. The second-order valence-electron chi connectivity index (χ2n) is 13.0. The molecule has 37 heavy (non-hydrogen) atoms. The minimum atomic E-state index is -2.13. The summed E-state index contributed by atoms with van der Waals surface area (Å²) < 4.78 is 12.1. The van der Waals surface area contributed by atoms with Crippen LogP contribution in [0.5, 0.6) is 0 Å². The molecular formula is C27H47N3O7. The van der Waals surface area contributed by atoms with Crippen molar-refractivity contribution < 1.29 is 34.4 Å². The molecule has 0 aromatic carbocycles. The molecule has 8 atom stereocenters. The summed E-state index contributed by atoms with van der Waals surface area (Å²) in [6.07, 6.45) is -1.67. The van der Waals surface area contributed by atoms with E-state index in [0.29, 0.717) is 6.54 Å². The summed E-state index contributed by atoms with van der Waals surface area (Å²) in [5, 5.41) is 37.1. The molecule has 0 bridgehead atoms. The van der Waals surface area contributed by atoms with Crippen molar-refractivity contribution in [1.29, 1.82) is 0 Å². The van der Waals surface area contributed by atoms with Crippen LogP contribution < -0.4 is 5.43 Å². The molecule has 1 aliphatic heterocycles. The molecule has 1 amide bonds. The van der Waals surface area contributed by atoms with Crippen molar-refractivity contribution in [2.75, 3.05) is 34.2 Å². The lowest BCUT2D eigenvalue weighted by atomic mass is 9.40. The highest BCUT2D eigenvalue weighted by Crippen LogP contribution is 2.66. The first kappa shape index (κ1) is 30.0. The number of hydrogen-bond donors (Lipinski definition) is 4. The van der Waals surface area contributed by atoms with Gasteiger partial charge in [-0.2, -0.15) is 0 Å². The predicted octanol–water partition coefficient (Wildman–Crippen LogP) is 1.48. The molecule has 1 heterocycles. The third-order valence-electron chi connectivity index (χ3n) is 9.15. The van der Waals surface area contributed by atoms with Crippen LogP contribution >= 0.6 is 0 Å². The van der Waals surface area contributed by atoms with Crippen molar-refractivity contribution in [3.8, 4) is 0 Å². The monoisotopic (exact) mass is 525 g/mol. The van der Waals surface area contributed by atoms with Crippen LogP contribution in [0.15, 0.2) is 12.7 Å². The lowest BCUT2D eigenvalue weighted by molar-refractivity contribution is -0.350. The van der Waals surface area contributed by atoms with E-state index in [2.05, 4.69) is 16.9 Å². The van der Waals surface area contributed by atoms with Gasteiger partial charge in [-0.25, -0.2) is 9.80 Å². The third-order valence-corrected chi connectivity index (χ3v) is 9.15. The van der Waals surface area contributed by atoms with Gasteiger partial charge in [-0.15, -0.1) is 6.58 Å². The number of aliphatic hydroxyl groups excluding tert-OH is 2. The lowest BCUT2D eigenvalue weighted by Crippen LogP contribution is -2.83. The predicted molar refractivity (Wildman–Crippen MR) is 138 cm³/mol. The molecule has 2 saturated carbocycles. The Balaban J connectivity index is 1.92. The number of hydrogen-bond acceptors (Lipinski definition) is 9. The number of carbonyl (C=O) groups excluding carboxylic acids is 2. The Morgan fingerprint density at radius 2 is 1.78 bits per heavy atom. The molecular weight excluding hydrogens is 478 g/mol. The van der Waals surface area contributed by atoms with Crippen LogP contribution in [0.25, 0.3) is 0 Å². The van der Waals surface area contributed by atoms with E-state index in [1.54, 1.807) is 32.8 Å². The molecule has 0 spiro atoms. The Morgan fingerprint density at radius 3 is 2.35 bits per heavy atom. The molecule has 0 radical (unpaired) electrons. The first-order valence-electron chi connectivity index (χ1n) is 13.2. The number of Topliss-reactive ketones (excluding diaryl/α,β-unsaturated/α-hetero) is 1. The van der Waals surface area contributed by atoms with E-state index < -0.39 is 63.7 Å². The molecule has 0 aromatic rings. The quantitative estimate of drug-likeness (QED) is 0.288. The fraction of sp³-hybridized carbons (Fsp3) is 0.852. The molecule has 1 saturated heterocycles. The van der Waals surface area contributed by atoms with E-state index in [1.165, 1.54) is 6.08 Å². The van der Waals surface area contributed by atoms with E-state index >= 15 is 0 Å². The zero-order chi connectivity index (χ0) is 28.2. The van der Waals surface area contributed by atoms with Gasteiger partial charge in [0.1, 0.15) is 17.8 Å². The Hall–Kier alpha value is -1.56. The average molecular weight is 526 g/mol. The Bertz CT molecular complexity index is 912. The number of ether oxygens (including phenoxy) is 2. The first-order valence-corrected chi connectivity index (χ1v) is 13.2. The van der Waals surface area contributed by atoms with Crippen molar-refractivity contribution in [2.45, 2.75) is 95.4 Å². The molecule has 3 aliphatic rings. The van der Waals surface area contributed by atoms with Crippen LogP contribution in [0.3, 0.4) is 0 Å². The summed E-state index contributed by atoms with van der Waals surface area (Å²) in [6, 6.07) is 0. The maximum atomic E-state index is 13.8. The van der Waals surface area contributed by atoms with Crippen molar-refractivity contribution >= 4 is 11.9 Å². The fourth-order valence-electron chi connectivity index (χ4n) is 7.66. The topological polar surface area (TPSA) is 132 Å². The number of hydrazine groups is 1. The Kier molecular flexibility index (Phi) is 8.01. The molecule has 1 unspecified atom stereocenters. The number of amides is 1. The summed E-state index contributed by atoms with van der Waals surface area (Å²) in [6.45, 7) is 14.0. The number of carbonyl (C=O) groups is 2. The van der Waals surface area contributed by atoms with E-state index in [9.17, 15) is 24.9 Å². The molecule has 212 valence electrons. The van der Waals surface area contributed by atoms with Gasteiger partial charge in [0, 0.05) is 37.8 Å². The van der Waals surface area contributed by atoms with Gasteiger partial charge in [0.05, 0.1) is 11.7 Å². The van der Waals surface area contributed by atoms with Crippen LogP contribution in [0.4, 0.5) is 4.79 Å². The summed E-state index contributed by atoms with van der Waals surface area (Å²) in [4.78, 5) is 28.6. The van der Waals surface area contributed by atoms with Gasteiger partial charge in [0.15, 0.2) is 11.4 Å². The van der Waals surface area contributed by atoms with Crippen LogP contribution in [0.1, 0.15) is 60.3 Å². The fourth-order valence-corrected chi connectivity index (χ4v) is 7.66. The van der Waals surface area contributed by atoms with Gasteiger partial charge in [-0.1, -0.05) is 26.8 Å². The minimum absolute atomic E-state index is 0.0127. The molecule has 3 rings (SSSR count). The van der Waals surface area contributed by atoms with Crippen LogP contribution in [0, 0.1) is 16.7 Å². The summed E-state index contributed by atoms with van der Waals surface area (Å²) in [5.41, 5.74) is -4.24. The highest BCUT2D eigenvalue weighted by atomic mass is 16.6. The Morgan fingerprint density at radius 1 is 1.16 bits per heavy atom. The third kappa shape index (κ3) is 4.85. The molecule has 10 heteroatoms. The van der Waals surface area contributed by atoms with Crippen molar-refractivity contribution in [3.63, 3.8) is 0 Å². The highest BCUT2D eigenvalue weighted by Gasteiger charge is 2.79. The SMILES string of the molecule is C=C[C@@]1(C)CC(=O)[C@]2(O)[C@@]3(C)[C@@H](O)C(OC(=O)NN(C)CCCN(C)C)CC(C)(C)[C@@H]3[C@H](O)C[C@@]2(C)O1. The maximum Gasteiger partial charge on any atom is 0.422 e. The smallest absolute Gasteiger partial charge is 0.422 e. The van der Waals surface area contributed by atoms with Gasteiger partial charge in [-0.05, 0) is 52.7 Å². The van der Waals surface area contributed by atoms with Gasteiger partial charge in [0.25, 0.3) is 0 Å². The number of fused-ring (bicyclic) bond motifs is 3. The number of ketones is 1. The highest BCUT2D eigenvalue weighted by molar-refractivity contribution is 5.92. The summed E-state index contributed by atoms with van der Waals surface area (Å²) in [7, 11) is 5.68. The second-order valence-corrected chi connectivity index (χ2v) is 13.0. The van der Waals surface area contributed by atoms with Gasteiger partial charge < -0.3 is 29.7 Å². The van der Waals surface area contributed by atoms with Gasteiger partial charge in [-0.3, -0.25) is 10.2 Å². The Labute approximate surface area is 220 Å².